The fraction of sp³-hybridized carbons (Fsp3) is 0.308. The monoisotopic (exact) mass is 526 g/mol. The fourth-order valence-corrected chi connectivity index (χ4v) is 4.11. The van der Waals surface area contributed by atoms with Crippen LogP contribution in [-0.4, -0.2) is 49.7 Å². The minimum absolute atomic E-state index is 0.129. The molecule has 10 nitrogen and oxygen atoms in total. The van der Waals surface area contributed by atoms with Gasteiger partial charge in [-0.1, -0.05) is 37.4 Å². The lowest BCUT2D eigenvalue weighted by Crippen LogP contribution is -2.35. The summed E-state index contributed by atoms with van der Waals surface area (Å²) < 4.78 is 15.5. The minimum atomic E-state index is -0.803. The normalized spacial score (nSPS) is 13.2. The van der Waals surface area contributed by atoms with Crippen LogP contribution in [0.15, 0.2) is 66.7 Å². The summed E-state index contributed by atoms with van der Waals surface area (Å²) in [6.45, 7) is 13.6. The number of carbonyl (C=O) groups excluding carboxylic acids is 3. The zero-order valence-corrected chi connectivity index (χ0v) is 21.4. The smallest absolute Gasteiger partial charge is 0.353 e. The van der Waals surface area contributed by atoms with Gasteiger partial charge in [0.1, 0.15) is 16.4 Å². The van der Waals surface area contributed by atoms with Crippen molar-refractivity contribution in [3.8, 4) is 10.6 Å². The van der Waals surface area contributed by atoms with E-state index in [1.165, 1.54) is 11.3 Å². The Labute approximate surface area is 219 Å². The van der Waals surface area contributed by atoms with E-state index in [1.807, 2.05) is 24.3 Å². The van der Waals surface area contributed by atoms with Crippen LogP contribution < -0.4 is 16.0 Å². The SMILES string of the molecule is C=C(NCc1ccc(-c2nc(C(=O)NC(=C)C(=O)NC(=C)C(=O)OC)cs2)cc1)OCC1CCOCC1. The van der Waals surface area contributed by atoms with Crippen molar-refractivity contribution in [1.82, 2.24) is 20.9 Å². The summed E-state index contributed by atoms with van der Waals surface area (Å²) in [5.41, 5.74) is 1.46. The standard InChI is InChI=1S/C26H30N4O6S/c1-16(23(31)29-17(2)26(33)34-4)28-24(32)22-15-37-25(30-22)21-7-5-19(6-8-21)13-27-18(3)36-14-20-9-11-35-12-10-20/h5-8,15,20,27H,1-3,9-14H2,4H3,(H,28,32)(H,29,31). The maximum Gasteiger partial charge on any atom is 0.353 e. The number of hydrogen-bond donors (Lipinski definition) is 3. The summed E-state index contributed by atoms with van der Waals surface area (Å²) in [7, 11) is 1.16. The number of ether oxygens (including phenoxy) is 3. The van der Waals surface area contributed by atoms with Gasteiger partial charge in [-0.2, -0.15) is 0 Å². The van der Waals surface area contributed by atoms with Gasteiger partial charge in [0.2, 0.25) is 0 Å². The number of thiazole rings is 1. The Hall–Kier alpha value is -3.96. The Morgan fingerprint density at radius 3 is 2.46 bits per heavy atom. The highest BCUT2D eigenvalue weighted by molar-refractivity contribution is 7.13. The Bertz CT molecular complexity index is 1170. The van der Waals surface area contributed by atoms with Gasteiger partial charge >= 0.3 is 5.97 Å². The molecule has 0 radical (unpaired) electrons. The second kappa shape index (κ2) is 13.4. The highest BCUT2D eigenvalue weighted by Gasteiger charge is 2.18. The van der Waals surface area contributed by atoms with Crippen LogP contribution in [0, 0.1) is 5.92 Å². The van der Waals surface area contributed by atoms with Crippen molar-refractivity contribution in [3.63, 3.8) is 0 Å². The van der Waals surface area contributed by atoms with Crippen LogP contribution in [0.25, 0.3) is 10.6 Å². The van der Waals surface area contributed by atoms with E-state index >= 15 is 0 Å². The molecule has 1 aliphatic rings. The first-order chi connectivity index (χ1) is 17.8. The molecule has 2 heterocycles. The van der Waals surface area contributed by atoms with Crippen molar-refractivity contribution in [2.24, 2.45) is 5.92 Å². The lowest BCUT2D eigenvalue weighted by atomic mass is 10.0. The molecule has 3 N–H and O–H groups in total. The highest BCUT2D eigenvalue weighted by Crippen LogP contribution is 2.24. The largest absolute Gasteiger partial charge is 0.479 e. The number of rotatable bonds is 12. The van der Waals surface area contributed by atoms with E-state index in [1.54, 1.807) is 5.38 Å². The molecule has 196 valence electrons. The summed E-state index contributed by atoms with van der Waals surface area (Å²) >= 11 is 1.29. The van der Waals surface area contributed by atoms with Crippen molar-refractivity contribution in [3.05, 3.63) is 77.9 Å². The van der Waals surface area contributed by atoms with E-state index in [0.29, 0.717) is 30.0 Å². The van der Waals surface area contributed by atoms with Crippen LogP contribution in [0.2, 0.25) is 0 Å². The Balaban J connectivity index is 1.47. The zero-order valence-electron chi connectivity index (χ0n) is 20.6. The molecule has 2 aromatic rings. The number of nitrogens with zero attached hydrogens (tertiary/aromatic N) is 1. The van der Waals surface area contributed by atoms with Crippen LogP contribution in [0.1, 0.15) is 28.9 Å². The summed E-state index contributed by atoms with van der Waals surface area (Å²) in [5, 5.41) is 9.96. The van der Waals surface area contributed by atoms with Gasteiger partial charge < -0.3 is 30.2 Å². The average Bonchev–Trinajstić information content (AvgIpc) is 3.41. The first-order valence-corrected chi connectivity index (χ1v) is 12.4. The quantitative estimate of drug-likeness (QED) is 0.219. The molecule has 37 heavy (non-hydrogen) atoms. The molecular formula is C26H30N4O6S. The lowest BCUT2D eigenvalue weighted by Gasteiger charge is -2.22. The lowest BCUT2D eigenvalue weighted by molar-refractivity contribution is -0.137. The molecule has 0 aliphatic carbocycles. The van der Waals surface area contributed by atoms with Gasteiger partial charge in [0.25, 0.3) is 11.8 Å². The molecule has 3 rings (SSSR count). The van der Waals surface area contributed by atoms with E-state index in [-0.39, 0.29) is 17.1 Å². The van der Waals surface area contributed by atoms with Gasteiger partial charge in [-0.15, -0.1) is 11.3 Å². The average molecular weight is 527 g/mol. The first-order valence-electron chi connectivity index (χ1n) is 11.5. The summed E-state index contributed by atoms with van der Waals surface area (Å²) in [5.74, 6) is -1.16. The second-order valence-electron chi connectivity index (χ2n) is 8.24. The third-order valence-corrected chi connectivity index (χ3v) is 6.39. The maximum absolute atomic E-state index is 12.5. The summed E-state index contributed by atoms with van der Waals surface area (Å²) in [6.07, 6.45) is 2.01. The summed E-state index contributed by atoms with van der Waals surface area (Å²) in [6, 6.07) is 7.73. The number of amides is 2. The van der Waals surface area contributed by atoms with Gasteiger partial charge in [-0.25, -0.2) is 9.78 Å². The Kier molecular flexibility index (Phi) is 9.99. The van der Waals surface area contributed by atoms with Crippen LogP contribution in [0.5, 0.6) is 0 Å². The number of esters is 1. The topological polar surface area (TPSA) is 128 Å². The minimum Gasteiger partial charge on any atom is -0.479 e. The number of benzene rings is 1. The molecule has 2 amide bonds. The molecule has 0 saturated carbocycles. The summed E-state index contributed by atoms with van der Waals surface area (Å²) in [4.78, 5) is 40.2. The van der Waals surface area contributed by atoms with E-state index in [0.717, 1.165) is 44.3 Å². The number of carbonyl (C=O) groups is 3. The van der Waals surface area contributed by atoms with Gasteiger partial charge in [-0.3, -0.25) is 9.59 Å². The van der Waals surface area contributed by atoms with Crippen LogP contribution in [0.3, 0.4) is 0 Å². The molecular weight excluding hydrogens is 496 g/mol. The van der Waals surface area contributed by atoms with Crippen LogP contribution >= 0.6 is 11.3 Å². The van der Waals surface area contributed by atoms with E-state index in [4.69, 9.17) is 9.47 Å². The van der Waals surface area contributed by atoms with Gasteiger partial charge in [0.15, 0.2) is 5.88 Å². The molecule has 0 bridgehead atoms. The third-order valence-electron chi connectivity index (χ3n) is 5.50. The van der Waals surface area contributed by atoms with Crippen molar-refractivity contribution in [2.75, 3.05) is 26.9 Å². The maximum atomic E-state index is 12.5. The van der Waals surface area contributed by atoms with E-state index in [2.05, 4.69) is 45.4 Å². The molecule has 1 fully saturated rings. The predicted octanol–water partition coefficient (Wildman–Crippen LogP) is 2.86. The van der Waals surface area contributed by atoms with E-state index in [9.17, 15) is 14.4 Å². The fourth-order valence-electron chi connectivity index (χ4n) is 3.30. The molecule has 11 heteroatoms. The molecule has 1 aromatic carbocycles. The number of nitrogens with one attached hydrogen (secondary N) is 3. The number of aromatic nitrogens is 1. The molecule has 0 atom stereocenters. The van der Waals surface area contributed by atoms with Crippen LogP contribution in [-0.2, 0) is 30.3 Å². The first kappa shape index (κ1) is 27.6. The van der Waals surface area contributed by atoms with Crippen molar-refractivity contribution < 1.29 is 28.6 Å². The third kappa shape index (κ3) is 8.29. The van der Waals surface area contributed by atoms with Gasteiger partial charge in [0.05, 0.1) is 19.4 Å². The predicted molar refractivity (Wildman–Crippen MR) is 139 cm³/mol. The van der Waals surface area contributed by atoms with Crippen molar-refractivity contribution in [2.45, 2.75) is 19.4 Å². The van der Waals surface area contributed by atoms with Gasteiger partial charge in [0, 0.05) is 30.7 Å². The van der Waals surface area contributed by atoms with Gasteiger partial charge in [-0.05, 0) is 30.9 Å². The zero-order chi connectivity index (χ0) is 26.8. The van der Waals surface area contributed by atoms with Crippen LogP contribution in [0.4, 0.5) is 0 Å². The molecule has 1 saturated heterocycles. The molecule has 1 aromatic heterocycles. The molecule has 0 spiro atoms. The number of hydrogen-bond acceptors (Lipinski definition) is 9. The molecule has 1 aliphatic heterocycles. The Morgan fingerprint density at radius 1 is 1.08 bits per heavy atom. The number of methoxy groups -OCH3 is 1. The van der Waals surface area contributed by atoms with E-state index < -0.39 is 17.8 Å². The highest BCUT2D eigenvalue weighted by atomic mass is 32.1. The second-order valence-corrected chi connectivity index (χ2v) is 9.09. The Morgan fingerprint density at radius 2 is 1.78 bits per heavy atom. The van der Waals surface area contributed by atoms with Crippen molar-refractivity contribution >= 4 is 29.1 Å². The molecule has 0 unspecified atom stereocenters. The van der Waals surface area contributed by atoms with Crippen molar-refractivity contribution in [1.29, 1.82) is 0 Å².